The molecule has 0 saturated heterocycles. The fourth-order valence-electron chi connectivity index (χ4n) is 1.22. The topological polar surface area (TPSA) is 43.1 Å². The number of rotatable bonds is 5. The van der Waals surface area contributed by atoms with Gasteiger partial charge in [0.1, 0.15) is 0 Å². The number of ketones is 1. The molecule has 0 aromatic rings. The van der Waals surface area contributed by atoms with Crippen LogP contribution in [-0.4, -0.2) is 11.3 Å². The van der Waals surface area contributed by atoms with Crippen molar-refractivity contribution in [2.24, 2.45) is 11.7 Å². The lowest BCUT2D eigenvalue weighted by Crippen LogP contribution is -2.47. The summed E-state index contributed by atoms with van der Waals surface area (Å²) in [5.41, 5.74) is 5.37. The summed E-state index contributed by atoms with van der Waals surface area (Å²) < 4.78 is 0. The minimum absolute atomic E-state index is 0.211. The largest absolute Gasteiger partial charge is 0.319 e. The van der Waals surface area contributed by atoms with Crippen LogP contribution in [0.3, 0.4) is 0 Å². The quantitative estimate of drug-likeness (QED) is 0.688. The number of Topliss-reactive ketones (excluding diaryl/α,β-unsaturated/α-hetero) is 1. The zero-order valence-electron chi connectivity index (χ0n) is 8.68. The smallest absolute Gasteiger partial charge is 0.152 e. The maximum absolute atomic E-state index is 11.6. The monoisotopic (exact) mass is 171 g/mol. The molecule has 0 unspecified atom stereocenters. The molecule has 2 nitrogen and oxygen atoms in total. The van der Waals surface area contributed by atoms with Gasteiger partial charge in [-0.05, 0) is 18.8 Å². The van der Waals surface area contributed by atoms with E-state index in [0.29, 0.717) is 12.3 Å². The standard InChI is InChI=1S/C10H21NO/c1-5-10(11,6-2)9(12)7-8(3)4/h8H,5-7,11H2,1-4H3. The predicted molar refractivity (Wildman–Crippen MR) is 52.0 cm³/mol. The van der Waals surface area contributed by atoms with Crippen LogP contribution in [0.1, 0.15) is 47.0 Å². The minimum Gasteiger partial charge on any atom is -0.319 e. The lowest BCUT2D eigenvalue weighted by atomic mass is 9.85. The SMILES string of the molecule is CCC(N)(CC)C(=O)CC(C)C. The summed E-state index contributed by atoms with van der Waals surface area (Å²) in [6.45, 7) is 8.04. The Morgan fingerprint density at radius 2 is 1.75 bits per heavy atom. The van der Waals surface area contributed by atoms with Crippen molar-refractivity contribution in [2.45, 2.75) is 52.5 Å². The molecule has 0 spiro atoms. The van der Waals surface area contributed by atoms with Crippen molar-refractivity contribution in [3.8, 4) is 0 Å². The van der Waals surface area contributed by atoms with Crippen LogP contribution in [0, 0.1) is 5.92 Å². The summed E-state index contributed by atoms with van der Waals surface area (Å²) in [5, 5.41) is 0. The number of carbonyl (C=O) groups is 1. The van der Waals surface area contributed by atoms with Crippen molar-refractivity contribution in [1.82, 2.24) is 0 Å². The van der Waals surface area contributed by atoms with E-state index in [1.165, 1.54) is 0 Å². The molecule has 0 aliphatic carbocycles. The Hall–Kier alpha value is -0.370. The van der Waals surface area contributed by atoms with Gasteiger partial charge in [0.05, 0.1) is 5.54 Å². The summed E-state index contributed by atoms with van der Waals surface area (Å²) in [5.74, 6) is 0.626. The van der Waals surface area contributed by atoms with Crippen molar-refractivity contribution in [1.29, 1.82) is 0 Å². The highest BCUT2D eigenvalue weighted by Crippen LogP contribution is 2.17. The highest BCUT2D eigenvalue weighted by atomic mass is 16.1. The molecule has 0 fully saturated rings. The maximum atomic E-state index is 11.6. The summed E-state index contributed by atoms with van der Waals surface area (Å²) in [6, 6.07) is 0. The molecule has 72 valence electrons. The Bertz CT molecular complexity index is 148. The van der Waals surface area contributed by atoms with Crippen LogP contribution in [0.2, 0.25) is 0 Å². The summed E-state index contributed by atoms with van der Waals surface area (Å²) in [6.07, 6.45) is 2.10. The van der Waals surface area contributed by atoms with Crippen LogP contribution in [0.15, 0.2) is 0 Å². The van der Waals surface area contributed by atoms with E-state index in [4.69, 9.17) is 5.73 Å². The van der Waals surface area contributed by atoms with Gasteiger partial charge in [0.2, 0.25) is 0 Å². The fraction of sp³-hybridized carbons (Fsp3) is 0.900. The Morgan fingerprint density at radius 3 is 2.00 bits per heavy atom. The maximum Gasteiger partial charge on any atom is 0.152 e. The average molecular weight is 171 g/mol. The number of carbonyl (C=O) groups excluding carboxylic acids is 1. The first kappa shape index (κ1) is 11.6. The lowest BCUT2D eigenvalue weighted by molar-refractivity contribution is -0.125. The molecule has 2 N–H and O–H groups in total. The highest BCUT2D eigenvalue weighted by molar-refractivity contribution is 5.88. The van der Waals surface area contributed by atoms with Gasteiger partial charge in [-0.2, -0.15) is 0 Å². The number of nitrogens with two attached hydrogens (primary N) is 1. The molecule has 0 bridgehead atoms. The van der Waals surface area contributed by atoms with E-state index in [-0.39, 0.29) is 5.78 Å². The second-order valence-electron chi connectivity index (χ2n) is 3.88. The summed E-state index contributed by atoms with van der Waals surface area (Å²) >= 11 is 0. The minimum atomic E-state index is -0.565. The van der Waals surface area contributed by atoms with Crippen molar-refractivity contribution in [3.63, 3.8) is 0 Å². The van der Waals surface area contributed by atoms with E-state index in [0.717, 1.165) is 12.8 Å². The van der Waals surface area contributed by atoms with E-state index in [9.17, 15) is 4.79 Å². The van der Waals surface area contributed by atoms with Gasteiger partial charge in [-0.15, -0.1) is 0 Å². The molecule has 2 heteroatoms. The van der Waals surface area contributed by atoms with Crippen molar-refractivity contribution in [3.05, 3.63) is 0 Å². The second-order valence-corrected chi connectivity index (χ2v) is 3.88. The molecule has 0 saturated carbocycles. The van der Waals surface area contributed by atoms with E-state index in [2.05, 4.69) is 0 Å². The van der Waals surface area contributed by atoms with Crippen molar-refractivity contribution in [2.75, 3.05) is 0 Å². The van der Waals surface area contributed by atoms with Gasteiger partial charge in [0.15, 0.2) is 5.78 Å². The molecule has 0 atom stereocenters. The van der Waals surface area contributed by atoms with Gasteiger partial charge >= 0.3 is 0 Å². The number of hydrogen-bond acceptors (Lipinski definition) is 2. The number of hydrogen-bond donors (Lipinski definition) is 1. The second kappa shape index (κ2) is 4.61. The van der Waals surface area contributed by atoms with E-state index < -0.39 is 5.54 Å². The summed E-state index contributed by atoms with van der Waals surface area (Å²) in [7, 11) is 0. The normalized spacial score (nSPS) is 12.2. The predicted octanol–water partition coefficient (Wildman–Crippen LogP) is 2.12. The van der Waals surface area contributed by atoms with Crippen molar-refractivity contribution >= 4 is 5.78 Å². The molecule has 0 radical (unpaired) electrons. The highest BCUT2D eigenvalue weighted by Gasteiger charge is 2.29. The Morgan fingerprint density at radius 1 is 1.33 bits per heavy atom. The zero-order chi connectivity index (χ0) is 9.78. The van der Waals surface area contributed by atoms with Crippen LogP contribution >= 0.6 is 0 Å². The fourth-order valence-corrected chi connectivity index (χ4v) is 1.22. The van der Waals surface area contributed by atoms with Gasteiger partial charge in [-0.3, -0.25) is 4.79 Å². The first-order chi connectivity index (χ1) is 5.46. The average Bonchev–Trinajstić information content (AvgIpc) is 2.02. The third-order valence-electron chi connectivity index (χ3n) is 2.41. The van der Waals surface area contributed by atoms with Crippen LogP contribution < -0.4 is 5.73 Å². The van der Waals surface area contributed by atoms with Crippen LogP contribution in [0.25, 0.3) is 0 Å². The van der Waals surface area contributed by atoms with E-state index in [1.807, 2.05) is 27.7 Å². The third-order valence-corrected chi connectivity index (χ3v) is 2.41. The Balaban J connectivity index is 4.22. The molecule has 0 rings (SSSR count). The Kier molecular flexibility index (Phi) is 4.46. The van der Waals surface area contributed by atoms with Gasteiger partial charge in [-0.25, -0.2) is 0 Å². The Labute approximate surface area is 75.5 Å². The zero-order valence-corrected chi connectivity index (χ0v) is 8.68. The van der Waals surface area contributed by atoms with Crippen LogP contribution in [0.5, 0.6) is 0 Å². The first-order valence-electron chi connectivity index (χ1n) is 4.78. The molecular formula is C10H21NO. The molecular weight excluding hydrogens is 150 g/mol. The third kappa shape index (κ3) is 2.94. The van der Waals surface area contributed by atoms with Gasteiger partial charge in [-0.1, -0.05) is 27.7 Å². The van der Waals surface area contributed by atoms with Gasteiger partial charge in [0.25, 0.3) is 0 Å². The first-order valence-corrected chi connectivity index (χ1v) is 4.78. The van der Waals surface area contributed by atoms with Gasteiger partial charge in [0, 0.05) is 6.42 Å². The molecule has 0 aromatic carbocycles. The molecule has 0 heterocycles. The van der Waals surface area contributed by atoms with E-state index in [1.54, 1.807) is 0 Å². The molecule has 0 aliphatic rings. The molecule has 0 aromatic heterocycles. The lowest BCUT2D eigenvalue weighted by Gasteiger charge is -2.25. The van der Waals surface area contributed by atoms with Crippen molar-refractivity contribution < 1.29 is 4.79 Å². The van der Waals surface area contributed by atoms with E-state index >= 15 is 0 Å². The van der Waals surface area contributed by atoms with Crippen LogP contribution in [-0.2, 0) is 4.79 Å². The molecule has 0 amide bonds. The molecule has 0 aliphatic heterocycles. The summed E-state index contributed by atoms with van der Waals surface area (Å²) in [4.78, 5) is 11.6. The van der Waals surface area contributed by atoms with Crippen LogP contribution in [0.4, 0.5) is 0 Å². The molecule has 12 heavy (non-hydrogen) atoms. The van der Waals surface area contributed by atoms with Gasteiger partial charge < -0.3 is 5.73 Å².